The Kier molecular flexibility index (Phi) is 2.95. The second-order valence-corrected chi connectivity index (χ2v) is 3.28. The summed E-state index contributed by atoms with van der Waals surface area (Å²) < 4.78 is 4.87. The summed E-state index contributed by atoms with van der Waals surface area (Å²) in [6.07, 6.45) is 0. The topological polar surface area (TPSA) is 68.0 Å². The van der Waals surface area contributed by atoms with E-state index in [9.17, 15) is 4.79 Å². The fourth-order valence-electron chi connectivity index (χ4n) is 1.26. The number of benzene rings is 1. The van der Waals surface area contributed by atoms with Crippen LogP contribution in [0.25, 0.3) is 0 Å². The zero-order valence-corrected chi connectivity index (χ0v) is 8.80. The van der Waals surface area contributed by atoms with Gasteiger partial charge in [-0.05, 0) is 19.1 Å². The fourth-order valence-corrected chi connectivity index (χ4v) is 1.26. The van der Waals surface area contributed by atoms with E-state index >= 15 is 0 Å². The van der Waals surface area contributed by atoms with Gasteiger partial charge in [0.15, 0.2) is 5.82 Å². The summed E-state index contributed by atoms with van der Waals surface area (Å²) in [7, 11) is 0. The van der Waals surface area contributed by atoms with Crippen LogP contribution in [-0.2, 0) is 6.54 Å². The van der Waals surface area contributed by atoms with Crippen molar-refractivity contribution in [2.45, 2.75) is 13.5 Å². The van der Waals surface area contributed by atoms with Gasteiger partial charge in [0.2, 0.25) is 5.89 Å². The highest BCUT2D eigenvalue weighted by atomic mass is 16.5. The van der Waals surface area contributed by atoms with E-state index in [0.717, 1.165) is 0 Å². The number of aryl methyl sites for hydroxylation is 1. The van der Waals surface area contributed by atoms with Crippen LogP contribution in [0.4, 0.5) is 0 Å². The molecule has 5 nitrogen and oxygen atoms in total. The van der Waals surface area contributed by atoms with Crippen LogP contribution in [0.1, 0.15) is 22.1 Å². The van der Waals surface area contributed by atoms with Gasteiger partial charge in [0, 0.05) is 5.56 Å². The van der Waals surface area contributed by atoms with Crippen LogP contribution in [0.3, 0.4) is 0 Å². The lowest BCUT2D eigenvalue weighted by Crippen LogP contribution is -2.22. The van der Waals surface area contributed by atoms with Crippen molar-refractivity contribution in [3.05, 3.63) is 47.6 Å². The Balaban J connectivity index is 1.94. The molecule has 0 unspecified atom stereocenters. The molecule has 0 aliphatic rings. The minimum atomic E-state index is -0.156. The van der Waals surface area contributed by atoms with E-state index in [1.807, 2.05) is 18.2 Å². The van der Waals surface area contributed by atoms with Crippen molar-refractivity contribution in [1.82, 2.24) is 15.5 Å². The highest BCUT2D eigenvalue weighted by molar-refractivity contribution is 5.93. The Morgan fingerprint density at radius 2 is 2.12 bits per heavy atom. The highest BCUT2D eigenvalue weighted by Gasteiger charge is 2.07. The van der Waals surface area contributed by atoms with Crippen molar-refractivity contribution in [3.63, 3.8) is 0 Å². The number of hydrogen-bond acceptors (Lipinski definition) is 4. The van der Waals surface area contributed by atoms with Crippen molar-refractivity contribution in [2.75, 3.05) is 0 Å². The molecule has 16 heavy (non-hydrogen) atoms. The van der Waals surface area contributed by atoms with Gasteiger partial charge >= 0.3 is 0 Å². The van der Waals surface area contributed by atoms with Crippen molar-refractivity contribution >= 4 is 5.91 Å². The third-order valence-corrected chi connectivity index (χ3v) is 2.01. The molecule has 1 N–H and O–H groups in total. The van der Waals surface area contributed by atoms with Crippen molar-refractivity contribution in [1.29, 1.82) is 0 Å². The van der Waals surface area contributed by atoms with Gasteiger partial charge in [-0.3, -0.25) is 4.79 Å². The molecule has 0 atom stereocenters. The maximum atomic E-state index is 11.6. The van der Waals surface area contributed by atoms with E-state index in [1.165, 1.54) is 0 Å². The molecule has 0 saturated heterocycles. The van der Waals surface area contributed by atoms with Crippen LogP contribution in [0.5, 0.6) is 0 Å². The maximum absolute atomic E-state index is 11.6. The number of amides is 1. The quantitative estimate of drug-likeness (QED) is 0.841. The molecular formula is C11H11N3O2. The summed E-state index contributed by atoms with van der Waals surface area (Å²) >= 11 is 0. The van der Waals surface area contributed by atoms with Crippen molar-refractivity contribution in [2.24, 2.45) is 0 Å². The zero-order chi connectivity index (χ0) is 11.4. The van der Waals surface area contributed by atoms with Crippen LogP contribution in [0.2, 0.25) is 0 Å². The summed E-state index contributed by atoms with van der Waals surface area (Å²) in [6, 6.07) is 8.97. The molecule has 1 heterocycles. The average molecular weight is 217 g/mol. The van der Waals surface area contributed by atoms with E-state index in [2.05, 4.69) is 15.5 Å². The molecule has 1 aromatic carbocycles. The smallest absolute Gasteiger partial charge is 0.251 e. The first kappa shape index (κ1) is 10.4. The fraction of sp³-hybridized carbons (Fsp3) is 0.182. The predicted octanol–water partition coefficient (Wildman–Crippen LogP) is 1.31. The number of nitrogens with one attached hydrogen (secondary N) is 1. The van der Waals surface area contributed by atoms with Crippen LogP contribution >= 0.6 is 0 Å². The van der Waals surface area contributed by atoms with Crippen LogP contribution in [0, 0.1) is 6.92 Å². The number of aromatic nitrogens is 2. The predicted molar refractivity (Wildman–Crippen MR) is 56.6 cm³/mol. The van der Waals surface area contributed by atoms with Gasteiger partial charge in [-0.15, -0.1) is 0 Å². The molecule has 0 bridgehead atoms. The largest absolute Gasteiger partial charge is 0.343 e. The average Bonchev–Trinajstić information content (AvgIpc) is 2.73. The third-order valence-electron chi connectivity index (χ3n) is 2.01. The van der Waals surface area contributed by atoms with Crippen molar-refractivity contribution < 1.29 is 9.32 Å². The van der Waals surface area contributed by atoms with Gasteiger partial charge in [0.1, 0.15) is 0 Å². The molecule has 2 rings (SSSR count). The number of hydrogen-bond donors (Lipinski definition) is 1. The monoisotopic (exact) mass is 217 g/mol. The van der Waals surface area contributed by atoms with Crippen LogP contribution in [-0.4, -0.2) is 16.0 Å². The van der Waals surface area contributed by atoms with Crippen LogP contribution < -0.4 is 5.32 Å². The second kappa shape index (κ2) is 4.57. The highest BCUT2D eigenvalue weighted by Crippen LogP contribution is 1.99. The van der Waals surface area contributed by atoms with E-state index in [0.29, 0.717) is 17.3 Å². The molecule has 1 amide bonds. The molecule has 0 saturated carbocycles. The first-order chi connectivity index (χ1) is 7.75. The molecule has 5 heteroatoms. The summed E-state index contributed by atoms with van der Waals surface area (Å²) in [5.41, 5.74) is 0.610. The first-order valence-corrected chi connectivity index (χ1v) is 4.88. The van der Waals surface area contributed by atoms with Gasteiger partial charge in [0.05, 0.1) is 6.54 Å². The SMILES string of the molecule is Cc1noc(CNC(=O)c2ccccc2)n1. The minimum absolute atomic E-state index is 0.156. The van der Waals surface area contributed by atoms with E-state index in [4.69, 9.17) is 4.52 Å². The Labute approximate surface area is 92.5 Å². The van der Waals surface area contributed by atoms with Gasteiger partial charge in [-0.1, -0.05) is 23.4 Å². The minimum Gasteiger partial charge on any atom is -0.343 e. The molecule has 0 spiro atoms. The van der Waals surface area contributed by atoms with Gasteiger partial charge in [0.25, 0.3) is 5.91 Å². The molecule has 1 aromatic heterocycles. The summed E-state index contributed by atoms with van der Waals surface area (Å²) in [4.78, 5) is 15.6. The Hall–Kier alpha value is -2.17. The standard InChI is InChI=1S/C11H11N3O2/c1-8-13-10(16-14-8)7-12-11(15)9-5-3-2-4-6-9/h2-6H,7H2,1H3,(H,12,15). The number of nitrogens with zero attached hydrogens (tertiary/aromatic N) is 2. The van der Waals surface area contributed by atoms with E-state index < -0.39 is 0 Å². The van der Waals surface area contributed by atoms with E-state index in [-0.39, 0.29) is 12.5 Å². The molecular weight excluding hydrogens is 206 g/mol. The summed E-state index contributed by atoms with van der Waals surface area (Å²) in [5, 5.41) is 6.32. The number of rotatable bonds is 3. The maximum Gasteiger partial charge on any atom is 0.251 e. The Bertz CT molecular complexity index is 479. The third kappa shape index (κ3) is 2.44. The summed E-state index contributed by atoms with van der Waals surface area (Å²) in [5.74, 6) is 0.808. The Morgan fingerprint density at radius 3 is 2.75 bits per heavy atom. The van der Waals surface area contributed by atoms with Gasteiger partial charge in [-0.2, -0.15) is 4.98 Å². The molecule has 0 aliphatic carbocycles. The molecule has 0 fully saturated rings. The number of carbonyl (C=O) groups excluding carboxylic acids is 1. The zero-order valence-electron chi connectivity index (χ0n) is 8.80. The lowest BCUT2D eigenvalue weighted by Gasteiger charge is -2.01. The lowest BCUT2D eigenvalue weighted by atomic mass is 10.2. The van der Waals surface area contributed by atoms with Crippen molar-refractivity contribution in [3.8, 4) is 0 Å². The second-order valence-electron chi connectivity index (χ2n) is 3.28. The molecule has 82 valence electrons. The van der Waals surface area contributed by atoms with Crippen LogP contribution in [0.15, 0.2) is 34.9 Å². The van der Waals surface area contributed by atoms with Gasteiger partial charge in [-0.25, -0.2) is 0 Å². The normalized spacial score (nSPS) is 10.1. The summed E-state index contributed by atoms with van der Waals surface area (Å²) in [6.45, 7) is 1.97. The molecule has 0 radical (unpaired) electrons. The first-order valence-electron chi connectivity index (χ1n) is 4.88. The number of carbonyl (C=O) groups is 1. The Morgan fingerprint density at radius 1 is 1.38 bits per heavy atom. The lowest BCUT2D eigenvalue weighted by molar-refractivity contribution is 0.0946. The molecule has 0 aliphatic heterocycles. The van der Waals surface area contributed by atoms with E-state index in [1.54, 1.807) is 19.1 Å². The van der Waals surface area contributed by atoms with Gasteiger partial charge < -0.3 is 9.84 Å². The molecule has 2 aromatic rings.